The zero-order chi connectivity index (χ0) is 11.0. The zero-order valence-electron chi connectivity index (χ0n) is 8.81. The molecule has 0 unspecified atom stereocenters. The number of aryl methyl sites for hydroxylation is 1. The Labute approximate surface area is 90.9 Å². The molecule has 0 bridgehead atoms. The van der Waals surface area contributed by atoms with E-state index in [0.29, 0.717) is 16.7 Å². The minimum Gasteiger partial charge on any atom is -0.267 e. The fourth-order valence-corrected chi connectivity index (χ4v) is 1.97. The summed E-state index contributed by atoms with van der Waals surface area (Å²) in [5, 5.41) is 4.06. The second-order valence-electron chi connectivity index (χ2n) is 3.57. The molecule has 0 spiro atoms. The Morgan fingerprint density at radius 2 is 2.20 bits per heavy atom. The van der Waals surface area contributed by atoms with Gasteiger partial charge in [0.05, 0.1) is 0 Å². The van der Waals surface area contributed by atoms with Gasteiger partial charge in [0.2, 0.25) is 0 Å². The van der Waals surface area contributed by atoms with Crippen molar-refractivity contribution in [2.45, 2.75) is 31.2 Å². The van der Waals surface area contributed by atoms with Gasteiger partial charge in [0.1, 0.15) is 0 Å². The summed E-state index contributed by atoms with van der Waals surface area (Å²) in [5.74, 6) is 0.433. The summed E-state index contributed by atoms with van der Waals surface area (Å²) in [4.78, 5) is 19.9. The van der Waals surface area contributed by atoms with Crippen LogP contribution in [0.2, 0.25) is 0 Å². The first kappa shape index (κ1) is 10.2. The second kappa shape index (κ2) is 3.69. The lowest BCUT2D eigenvalue weighted by atomic mass is 10.5. The number of nitrogens with zero attached hydrogens (tertiary/aromatic N) is 3. The van der Waals surface area contributed by atoms with Crippen LogP contribution in [0, 0.1) is 6.92 Å². The Kier molecular flexibility index (Phi) is 2.52. The van der Waals surface area contributed by atoms with Crippen molar-refractivity contribution in [3.05, 3.63) is 22.1 Å². The average Bonchev–Trinajstić information content (AvgIpc) is 2.45. The SMILES string of the molecule is Cc1cc(=O)n2[nH]c(SC(C)C)nc2n1. The van der Waals surface area contributed by atoms with Gasteiger partial charge in [-0.2, -0.15) is 9.50 Å². The molecule has 0 radical (unpaired) electrons. The second-order valence-corrected chi connectivity index (χ2v) is 5.13. The predicted octanol–water partition coefficient (Wildman–Crippen LogP) is 1.23. The summed E-state index contributed by atoms with van der Waals surface area (Å²) in [6.45, 7) is 5.92. The summed E-state index contributed by atoms with van der Waals surface area (Å²) < 4.78 is 1.36. The molecule has 1 N–H and O–H groups in total. The molecule has 2 aromatic rings. The first-order valence-electron chi connectivity index (χ1n) is 4.69. The van der Waals surface area contributed by atoms with Crippen LogP contribution in [0.1, 0.15) is 19.5 Å². The quantitative estimate of drug-likeness (QED) is 0.779. The molecular formula is C9H12N4OS. The van der Waals surface area contributed by atoms with E-state index in [9.17, 15) is 4.79 Å². The van der Waals surface area contributed by atoms with Gasteiger partial charge in [0, 0.05) is 17.0 Å². The highest BCUT2D eigenvalue weighted by atomic mass is 32.2. The molecule has 0 saturated carbocycles. The fourth-order valence-electron chi connectivity index (χ4n) is 1.25. The molecule has 5 nitrogen and oxygen atoms in total. The number of thioether (sulfide) groups is 1. The third-order valence-electron chi connectivity index (χ3n) is 1.79. The Balaban J connectivity index is 2.55. The summed E-state index contributed by atoms with van der Waals surface area (Å²) in [5.41, 5.74) is 0.563. The molecule has 2 aromatic heterocycles. The van der Waals surface area contributed by atoms with Crippen molar-refractivity contribution in [1.82, 2.24) is 19.6 Å². The van der Waals surface area contributed by atoms with E-state index >= 15 is 0 Å². The van der Waals surface area contributed by atoms with E-state index in [1.54, 1.807) is 18.7 Å². The first-order valence-corrected chi connectivity index (χ1v) is 5.57. The minimum absolute atomic E-state index is 0.124. The lowest BCUT2D eigenvalue weighted by molar-refractivity contribution is 0.843. The van der Waals surface area contributed by atoms with Crippen molar-refractivity contribution < 1.29 is 0 Å². The zero-order valence-corrected chi connectivity index (χ0v) is 9.63. The van der Waals surface area contributed by atoms with Crippen LogP contribution in [0.25, 0.3) is 5.78 Å². The number of H-pyrrole nitrogens is 1. The number of fused-ring (bicyclic) bond motifs is 1. The Hall–Kier alpha value is -1.30. The summed E-state index contributed by atoms with van der Waals surface area (Å²) in [6, 6.07) is 1.48. The van der Waals surface area contributed by atoms with Gasteiger partial charge in [-0.05, 0) is 6.92 Å². The molecule has 6 heteroatoms. The maximum atomic E-state index is 11.5. The van der Waals surface area contributed by atoms with E-state index in [1.165, 1.54) is 10.6 Å². The standard InChI is InChI=1S/C9H12N4OS/c1-5(2)15-9-11-8-10-6(3)4-7(14)13(8)12-9/h4-5H,1-3H3,(H,10,11,12). The molecule has 0 amide bonds. The monoisotopic (exact) mass is 224 g/mol. The van der Waals surface area contributed by atoms with E-state index in [2.05, 4.69) is 28.9 Å². The number of aromatic nitrogens is 4. The minimum atomic E-state index is -0.124. The van der Waals surface area contributed by atoms with E-state index in [1.807, 2.05) is 0 Å². The smallest absolute Gasteiger partial charge is 0.267 e. The van der Waals surface area contributed by atoms with Gasteiger partial charge < -0.3 is 0 Å². The summed E-state index contributed by atoms with van der Waals surface area (Å²) in [6.07, 6.45) is 0. The van der Waals surface area contributed by atoms with Crippen LogP contribution in [-0.2, 0) is 0 Å². The van der Waals surface area contributed by atoms with Crippen molar-refractivity contribution in [3.63, 3.8) is 0 Å². The molecule has 0 aromatic carbocycles. The van der Waals surface area contributed by atoms with Crippen LogP contribution in [0.15, 0.2) is 16.0 Å². The Morgan fingerprint density at radius 1 is 1.47 bits per heavy atom. The van der Waals surface area contributed by atoms with E-state index < -0.39 is 0 Å². The van der Waals surface area contributed by atoms with Crippen LogP contribution in [0.5, 0.6) is 0 Å². The highest BCUT2D eigenvalue weighted by Crippen LogP contribution is 2.18. The third-order valence-corrected chi connectivity index (χ3v) is 2.66. The molecule has 80 valence electrons. The molecule has 0 aliphatic heterocycles. The maximum absolute atomic E-state index is 11.5. The van der Waals surface area contributed by atoms with Crippen molar-refractivity contribution in [3.8, 4) is 0 Å². The highest BCUT2D eigenvalue weighted by Gasteiger charge is 2.07. The summed E-state index contributed by atoms with van der Waals surface area (Å²) in [7, 11) is 0. The van der Waals surface area contributed by atoms with Crippen LogP contribution in [-0.4, -0.2) is 24.8 Å². The Morgan fingerprint density at radius 3 is 2.87 bits per heavy atom. The average molecular weight is 224 g/mol. The third kappa shape index (κ3) is 2.04. The highest BCUT2D eigenvalue weighted by molar-refractivity contribution is 7.99. The van der Waals surface area contributed by atoms with Gasteiger partial charge in [-0.15, -0.1) is 0 Å². The van der Waals surface area contributed by atoms with E-state index in [0.717, 1.165) is 5.16 Å². The van der Waals surface area contributed by atoms with Gasteiger partial charge in [-0.25, -0.2) is 4.98 Å². The molecule has 15 heavy (non-hydrogen) atoms. The lowest BCUT2D eigenvalue weighted by Crippen LogP contribution is -2.14. The molecule has 0 saturated heterocycles. The maximum Gasteiger partial charge on any atom is 0.274 e. The van der Waals surface area contributed by atoms with Gasteiger partial charge in [-0.1, -0.05) is 25.6 Å². The largest absolute Gasteiger partial charge is 0.274 e. The fraction of sp³-hybridized carbons (Fsp3) is 0.444. The number of nitrogens with one attached hydrogen (secondary N) is 1. The normalized spacial score (nSPS) is 11.5. The first-order chi connectivity index (χ1) is 7.06. The molecule has 2 rings (SSSR count). The summed E-state index contributed by atoms with van der Waals surface area (Å²) >= 11 is 1.57. The van der Waals surface area contributed by atoms with Gasteiger partial charge in [0.15, 0.2) is 5.16 Å². The number of hydrogen-bond acceptors (Lipinski definition) is 4. The topological polar surface area (TPSA) is 63.0 Å². The molecule has 0 aliphatic rings. The van der Waals surface area contributed by atoms with Gasteiger partial charge in [-0.3, -0.25) is 9.89 Å². The van der Waals surface area contributed by atoms with Crippen molar-refractivity contribution in [1.29, 1.82) is 0 Å². The Bertz CT molecular complexity index is 543. The van der Waals surface area contributed by atoms with Gasteiger partial charge in [0.25, 0.3) is 11.3 Å². The van der Waals surface area contributed by atoms with Crippen LogP contribution < -0.4 is 5.56 Å². The van der Waals surface area contributed by atoms with Crippen molar-refractivity contribution in [2.24, 2.45) is 0 Å². The predicted molar refractivity (Wildman–Crippen MR) is 59.3 cm³/mol. The van der Waals surface area contributed by atoms with Crippen LogP contribution in [0.3, 0.4) is 0 Å². The number of aromatic amines is 1. The molecule has 2 heterocycles. The molecule has 0 atom stereocenters. The van der Waals surface area contributed by atoms with Crippen LogP contribution >= 0.6 is 11.8 Å². The van der Waals surface area contributed by atoms with Crippen LogP contribution in [0.4, 0.5) is 0 Å². The molecule has 0 aliphatic carbocycles. The molecular weight excluding hydrogens is 212 g/mol. The number of hydrogen-bond donors (Lipinski definition) is 1. The van der Waals surface area contributed by atoms with Gasteiger partial charge >= 0.3 is 0 Å². The van der Waals surface area contributed by atoms with Crippen molar-refractivity contribution >= 4 is 17.5 Å². The van der Waals surface area contributed by atoms with Crippen molar-refractivity contribution in [2.75, 3.05) is 0 Å². The molecule has 0 fully saturated rings. The number of rotatable bonds is 2. The van der Waals surface area contributed by atoms with E-state index in [4.69, 9.17) is 0 Å². The van der Waals surface area contributed by atoms with E-state index in [-0.39, 0.29) is 5.56 Å². The lowest BCUT2D eigenvalue weighted by Gasteiger charge is -1.97.